The van der Waals surface area contributed by atoms with Crippen molar-refractivity contribution in [1.82, 2.24) is 0 Å². The summed E-state index contributed by atoms with van der Waals surface area (Å²) in [5, 5.41) is 31.2. The Kier molecular flexibility index (Phi) is 3.39. The van der Waals surface area contributed by atoms with Crippen molar-refractivity contribution in [1.29, 1.82) is 5.41 Å². The van der Waals surface area contributed by atoms with Crippen molar-refractivity contribution in [2.75, 3.05) is 6.61 Å². The zero-order valence-corrected chi connectivity index (χ0v) is 17.7. The lowest BCUT2D eigenvalue weighted by Gasteiger charge is -2.57. The van der Waals surface area contributed by atoms with E-state index in [9.17, 15) is 15.0 Å². The smallest absolute Gasteiger partial charge is 0.334 e. The molecule has 0 aromatic carbocycles. The van der Waals surface area contributed by atoms with Crippen LogP contribution in [0, 0.1) is 22.7 Å². The normalized spacial score (nSPS) is 55.0. The summed E-state index contributed by atoms with van der Waals surface area (Å²) in [4.78, 5) is 12.2. The maximum Gasteiger partial charge on any atom is 0.334 e. The van der Waals surface area contributed by atoms with Crippen LogP contribution in [0.4, 0.5) is 0 Å². The Balaban J connectivity index is 1.50. The van der Waals surface area contributed by atoms with Crippen LogP contribution in [0.2, 0.25) is 0 Å². The lowest BCUT2D eigenvalue weighted by atomic mass is 9.45. The molecule has 0 aromatic heterocycles. The number of epoxide rings is 2. The summed E-state index contributed by atoms with van der Waals surface area (Å²) >= 11 is 0. The van der Waals surface area contributed by atoms with Gasteiger partial charge in [0, 0.05) is 17.9 Å². The summed E-state index contributed by atoms with van der Waals surface area (Å²) in [6.45, 7) is 7.68. The van der Waals surface area contributed by atoms with Crippen molar-refractivity contribution in [2.24, 2.45) is 17.3 Å². The van der Waals surface area contributed by atoms with Gasteiger partial charge in [-0.2, -0.15) is 0 Å². The van der Waals surface area contributed by atoms with Gasteiger partial charge in [0.25, 0.3) is 0 Å². The summed E-state index contributed by atoms with van der Waals surface area (Å²) in [5.74, 6) is -0.519. The lowest BCUT2D eigenvalue weighted by molar-refractivity contribution is -0.220. The molecule has 3 aliphatic heterocycles. The molecule has 3 aliphatic carbocycles. The standard InChI is InChI=1S/C22H29NO7/c1-9(2)20(26)15(28-10(3)23)16-22(30-16)19(4)6-5-11-12(8-27-17(11)24)13(19)7-14-21(22,29-14)18(20)25/h9,13-16,18,23,25-26H,5-8H2,1-4H3/t13-,14-,15+,16-,18+,19-,20-,21+,22+/m0/s1. The highest BCUT2D eigenvalue weighted by Gasteiger charge is 2.97. The summed E-state index contributed by atoms with van der Waals surface area (Å²) in [5.41, 5.74) is -1.97. The zero-order valence-electron chi connectivity index (χ0n) is 17.7. The van der Waals surface area contributed by atoms with Crippen LogP contribution in [-0.2, 0) is 23.7 Å². The van der Waals surface area contributed by atoms with Crippen molar-refractivity contribution in [3.05, 3.63) is 11.1 Å². The molecule has 30 heavy (non-hydrogen) atoms. The Morgan fingerprint density at radius 2 is 2.07 bits per heavy atom. The van der Waals surface area contributed by atoms with Gasteiger partial charge < -0.3 is 29.2 Å². The summed E-state index contributed by atoms with van der Waals surface area (Å²) < 4.78 is 23.9. The predicted molar refractivity (Wildman–Crippen MR) is 103 cm³/mol. The maximum absolute atomic E-state index is 12.2. The van der Waals surface area contributed by atoms with Gasteiger partial charge in [-0.05, 0) is 36.7 Å². The molecule has 2 saturated carbocycles. The minimum atomic E-state index is -1.60. The Labute approximate surface area is 175 Å². The van der Waals surface area contributed by atoms with Gasteiger partial charge >= 0.3 is 5.97 Å². The topological polar surface area (TPSA) is 125 Å². The van der Waals surface area contributed by atoms with Crippen LogP contribution in [0.3, 0.4) is 0 Å². The number of rotatable bonds is 2. The average Bonchev–Trinajstić information content (AvgIpc) is 3.56. The first-order chi connectivity index (χ1) is 14.1. The number of nitrogens with one attached hydrogen (secondary N) is 1. The monoisotopic (exact) mass is 419 g/mol. The van der Waals surface area contributed by atoms with E-state index in [-0.39, 0.29) is 29.8 Å². The molecule has 2 saturated heterocycles. The number of aliphatic hydroxyl groups excluding tert-OH is 1. The van der Waals surface area contributed by atoms with E-state index in [1.807, 2.05) is 13.8 Å². The zero-order chi connectivity index (χ0) is 21.4. The van der Waals surface area contributed by atoms with Crippen LogP contribution in [-0.4, -0.2) is 69.9 Å². The van der Waals surface area contributed by atoms with E-state index in [1.165, 1.54) is 6.92 Å². The van der Waals surface area contributed by atoms with Crippen LogP contribution < -0.4 is 0 Å². The van der Waals surface area contributed by atoms with E-state index in [0.717, 1.165) is 11.1 Å². The predicted octanol–water partition coefficient (Wildman–Crippen LogP) is 1.08. The largest absolute Gasteiger partial charge is 0.472 e. The van der Waals surface area contributed by atoms with E-state index in [2.05, 4.69) is 6.92 Å². The highest BCUT2D eigenvalue weighted by atomic mass is 16.7. The Hall–Kier alpha value is -1.48. The van der Waals surface area contributed by atoms with Gasteiger partial charge in [0.1, 0.15) is 30.0 Å². The number of hydrogen-bond donors (Lipinski definition) is 3. The molecule has 2 spiro atoms. The second-order valence-corrected chi connectivity index (χ2v) is 10.5. The fraction of sp³-hybridized carbons (Fsp3) is 0.818. The number of fused-ring (bicyclic) bond motifs is 2. The molecule has 6 rings (SSSR count). The maximum atomic E-state index is 12.2. The molecule has 0 bridgehead atoms. The van der Waals surface area contributed by atoms with Gasteiger partial charge in [-0.15, -0.1) is 0 Å². The van der Waals surface area contributed by atoms with Gasteiger partial charge in [0.2, 0.25) is 0 Å². The number of carbonyl (C=O) groups is 1. The second-order valence-electron chi connectivity index (χ2n) is 10.5. The molecule has 6 aliphatic rings. The minimum absolute atomic E-state index is 0.0259. The summed E-state index contributed by atoms with van der Waals surface area (Å²) in [6.07, 6.45) is -0.829. The molecule has 3 heterocycles. The molecule has 8 heteroatoms. The van der Waals surface area contributed by atoms with Crippen LogP contribution in [0.5, 0.6) is 0 Å². The molecule has 9 atom stereocenters. The van der Waals surface area contributed by atoms with E-state index < -0.39 is 40.5 Å². The first-order valence-electron chi connectivity index (χ1n) is 10.9. The fourth-order valence-electron chi connectivity index (χ4n) is 7.62. The molecular formula is C22H29NO7. The van der Waals surface area contributed by atoms with Gasteiger partial charge in [-0.25, -0.2) is 4.79 Å². The first-order valence-corrected chi connectivity index (χ1v) is 10.9. The number of carbonyl (C=O) groups excluding carboxylic acids is 1. The number of esters is 1. The van der Waals surface area contributed by atoms with E-state index in [1.54, 1.807) is 0 Å². The summed E-state index contributed by atoms with van der Waals surface area (Å²) in [7, 11) is 0. The fourth-order valence-corrected chi connectivity index (χ4v) is 7.62. The molecule has 4 fully saturated rings. The highest BCUT2D eigenvalue weighted by Crippen LogP contribution is 2.80. The number of hydrogen-bond acceptors (Lipinski definition) is 8. The molecule has 8 nitrogen and oxygen atoms in total. The molecule has 0 amide bonds. The lowest BCUT2D eigenvalue weighted by Crippen LogP contribution is -2.76. The van der Waals surface area contributed by atoms with Crippen LogP contribution >= 0.6 is 0 Å². The van der Waals surface area contributed by atoms with E-state index in [0.29, 0.717) is 25.9 Å². The molecule has 3 N–H and O–H groups in total. The molecule has 164 valence electrons. The van der Waals surface area contributed by atoms with Crippen LogP contribution in [0.1, 0.15) is 47.0 Å². The third-order valence-electron chi connectivity index (χ3n) is 9.17. The highest BCUT2D eigenvalue weighted by molar-refractivity contribution is 5.92. The quantitative estimate of drug-likeness (QED) is 0.265. The Bertz CT molecular complexity index is 915. The number of aliphatic hydroxyl groups is 2. The van der Waals surface area contributed by atoms with Crippen molar-refractivity contribution >= 4 is 11.9 Å². The second kappa shape index (κ2) is 5.28. The van der Waals surface area contributed by atoms with Gasteiger partial charge in [0.05, 0.1) is 6.10 Å². The number of ether oxygens (including phenoxy) is 4. The van der Waals surface area contributed by atoms with Crippen LogP contribution in [0.25, 0.3) is 0 Å². The molecule has 0 aromatic rings. The molecule has 0 unspecified atom stereocenters. The molecule has 0 radical (unpaired) electrons. The Morgan fingerprint density at radius 1 is 1.33 bits per heavy atom. The van der Waals surface area contributed by atoms with Crippen molar-refractivity contribution in [2.45, 2.75) is 88.2 Å². The van der Waals surface area contributed by atoms with Crippen molar-refractivity contribution in [3.8, 4) is 0 Å². The first kappa shape index (κ1) is 19.2. The van der Waals surface area contributed by atoms with Gasteiger partial charge in [-0.3, -0.25) is 5.41 Å². The summed E-state index contributed by atoms with van der Waals surface area (Å²) in [6, 6.07) is 0. The van der Waals surface area contributed by atoms with Gasteiger partial charge in [-0.1, -0.05) is 20.8 Å². The SMILES string of the molecule is CC(=N)O[C@@H]1[C@@H]2O[C@]23[C@]2(O[C@H]2C[C@H]2C4=C(CC[C@@]23C)C(=O)OC4)[C@H](O)[C@]1(O)C(C)C. The Morgan fingerprint density at radius 3 is 2.73 bits per heavy atom. The third-order valence-corrected chi connectivity index (χ3v) is 9.17. The van der Waals surface area contributed by atoms with Crippen molar-refractivity contribution in [3.63, 3.8) is 0 Å². The third kappa shape index (κ3) is 1.74. The van der Waals surface area contributed by atoms with E-state index >= 15 is 0 Å². The van der Waals surface area contributed by atoms with Crippen molar-refractivity contribution < 1.29 is 34.0 Å². The van der Waals surface area contributed by atoms with E-state index in [4.69, 9.17) is 24.4 Å². The number of cyclic esters (lactones) is 1. The van der Waals surface area contributed by atoms with Crippen LogP contribution in [0.15, 0.2) is 11.1 Å². The van der Waals surface area contributed by atoms with Gasteiger partial charge in [0.15, 0.2) is 17.6 Å². The average molecular weight is 419 g/mol. The molecular weight excluding hydrogens is 390 g/mol. The minimum Gasteiger partial charge on any atom is -0.472 e.